The summed E-state index contributed by atoms with van der Waals surface area (Å²) in [7, 11) is 1.77. The van der Waals surface area contributed by atoms with Crippen molar-refractivity contribution in [3.05, 3.63) is 28.2 Å². The third-order valence-electron chi connectivity index (χ3n) is 2.55. The van der Waals surface area contributed by atoms with Crippen molar-refractivity contribution in [1.82, 2.24) is 4.90 Å². The van der Waals surface area contributed by atoms with Crippen molar-refractivity contribution in [1.29, 1.82) is 0 Å². The zero-order valence-corrected chi connectivity index (χ0v) is 11.6. The van der Waals surface area contributed by atoms with Crippen molar-refractivity contribution >= 4 is 34.8 Å². The van der Waals surface area contributed by atoms with E-state index in [0.29, 0.717) is 15.7 Å². The molecule has 0 radical (unpaired) electrons. The second kappa shape index (κ2) is 6.12. The van der Waals surface area contributed by atoms with E-state index in [1.807, 2.05) is 13.8 Å². The van der Waals surface area contributed by atoms with Crippen molar-refractivity contribution < 1.29 is 4.79 Å². The first-order chi connectivity index (χ1) is 7.93. The Morgan fingerprint density at radius 2 is 2.06 bits per heavy atom. The maximum Gasteiger partial charge on any atom is 0.241 e. The van der Waals surface area contributed by atoms with Crippen molar-refractivity contribution in [3.8, 4) is 0 Å². The maximum atomic E-state index is 11.7. The van der Waals surface area contributed by atoms with Gasteiger partial charge in [0.05, 0.1) is 22.3 Å². The lowest BCUT2D eigenvalue weighted by molar-refractivity contribution is -0.129. The van der Waals surface area contributed by atoms with Crippen LogP contribution >= 0.6 is 23.2 Å². The first-order valence-electron chi connectivity index (χ1n) is 5.37. The van der Waals surface area contributed by atoms with Crippen molar-refractivity contribution in [2.45, 2.75) is 19.9 Å². The van der Waals surface area contributed by atoms with Crippen LogP contribution in [0.5, 0.6) is 0 Å². The fraction of sp³-hybridized carbons (Fsp3) is 0.417. The van der Waals surface area contributed by atoms with Gasteiger partial charge in [-0.2, -0.15) is 0 Å². The molecule has 3 nitrogen and oxygen atoms in total. The van der Waals surface area contributed by atoms with Gasteiger partial charge in [-0.25, -0.2) is 0 Å². The normalized spacial score (nSPS) is 10.5. The molecule has 0 atom stereocenters. The van der Waals surface area contributed by atoms with E-state index in [-0.39, 0.29) is 18.5 Å². The summed E-state index contributed by atoms with van der Waals surface area (Å²) in [5.74, 6) is 0.0102. The zero-order valence-electron chi connectivity index (χ0n) is 10.1. The number of rotatable bonds is 4. The van der Waals surface area contributed by atoms with Gasteiger partial charge < -0.3 is 10.2 Å². The van der Waals surface area contributed by atoms with Gasteiger partial charge >= 0.3 is 0 Å². The molecular weight excluding hydrogens is 259 g/mol. The minimum atomic E-state index is 0.0102. The smallest absolute Gasteiger partial charge is 0.241 e. The Morgan fingerprint density at radius 3 is 2.65 bits per heavy atom. The standard InChI is InChI=1S/C12H16Cl2N2O/c1-8(2)16(3)11(17)7-15-10-6-4-5-9(13)12(10)14/h4-6,8,15H,7H2,1-3H3. The summed E-state index contributed by atoms with van der Waals surface area (Å²) in [5, 5.41) is 3.89. The van der Waals surface area contributed by atoms with Crippen LogP contribution in [-0.2, 0) is 4.79 Å². The number of likely N-dealkylation sites (N-methyl/N-ethyl adjacent to an activating group) is 1. The fourth-order valence-electron chi connectivity index (χ4n) is 1.22. The number of nitrogens with one attached hydrogen (secondary N) is 1. The average Bonchev–Trinajstić information content (AvgIpc) is 2.29. The molecular formula is C12H16Cl2N2O. The number of amides is 1. The van der Waals surface area contributed by atoms with Crippen LogP contribution < -0.4 is 5.32 Å². The topological polar surface area (TPSA) is 32.3 Å². The highest BCUT2D eigenvalue weighted by Crippen LogP contribution is 2.29. The van der Waals surface area contributed by atoms with Crippen molar-refractivity contribution in [2.75, 3.05) is 18.9 Å². The van der Waals surface area contributed by atoms with E-state index >= 15 is 0 Å². The fourth-order valence-corrected chi connectivity index (χ4v) is 1.59. The quantitative estimate of drug-likeness (QED) is 0.914. The molecule has 0 aliphatic heterocycles. The van der Waals surface area contributed by atoms with Crippen LogP contribution in [0.15, 0.2) is 18.2 Å². The highest BCUT2D eigenvalue weighted by Gasteiger charge is 2.12. The van der Waals surface area contributed by atoms with Gasteiger partial charge in [-0.3, -0.25) is 4.79 Å². The highest BCUT2D eigenvalue weighted by molar-refractivity contribution is 6.43. The zero-order chi connectivity index (χ0) is 13.0. The summed E-state index contributed by atoms with van der Waals surface area (Å²) in [6.07, 6.45) is 0. The van der Waals surface area contributed by atoms with E-state index in [1.54, 1.807) is 30.1 Å². The largest absolute Gasteiger partial charge is 0.375 e. The van der Waals surface area contributed by atoms with Crippen molar-refractivity contribution in [3.63, 3.8) is 0 Å². The van der Waals surface area contributed by atoms with Gasteiger partial charge in [0.25, 0.3) is 0 Å². The minimum Gasteiger partial charge on any atom is -0.375 e. The van der Waals surface area contributed by atoms with Gasteiger partial charge in [-0.1, -0.05) is 29.3 Å². The van der Waals surface area contributed by atoms with E-state index in [0.717, 1.165) is 0 Å². The highest BCUT2D eigenvalue weighted by atomic mass is 35.5. The lowest BCUT2D eigenvalue weighted by atomic mass is 10.3. The number of hydrogen-bond acceptors (Lipinski definition) is 2. The SMILES string of the molecule is CC(C)N(C)C(=O)CNc1cccc(Cl)c1Cl. The summed E-state index contributed by atoms with van der Waals surface area (Å²) in [5.41, 5.74) is 0.671. The Hall–Kier alpha value is -0.930. The number of halogens is 2. The third-order valence-corrected chi connectivity index (χ3v) is 3.37. The molecule has 1 N–H and O–H groups in total. The van der Waals surface area contributed by atoms with E-state index in [9.17, 15) is 4.79 Å². The molecule has 0 fully saturated rings. The van der Waals surface area contributed by atoms with Gasteiger partial charge in [0.15, 0.2) is 0 Å². The van der Waals surface area contributed by atoms with Crippen LogP contribution in [-0.4, -0.2) is 30.4 Å². The van der Waals surface area contributed by atoms with Gasteiger partial charge in [0.1, 0.15) is 0 Å². The van der Waals surface area contributed by atoms with Crippen LogP contribution in [0.3, 0.4) is 0 Å². The molecule has 0 aliphatic carbocycles. The molecule has 0 aliphatic rings. The van der Waals surface area contributed by atoms with E-state index in [1.165, 1.54) is 0 Å². The molecule has 1 amide bonds. The summed E-state index contributed by atoms with van der Waals surface area (Å²) in [4.78, 5) is 13.4. The average molecular weight is 275 g/mol. The second-order valence-electron chi connectivity index (χ2n) is 4.05. The predicted molar refractivity (Wildman–Crippen MR) is 72.9 cm³/mol. The van der Waals surface area contributed by atoms with Crippen LogP contribution in [0.1, 0.15) is 13.8 Å². The number of carbonyl (C=O) groups excluding carboxylic acids is 1. The first-order valence-corrected chi connectivity index (χ1v) is 6.12. The Balaban J connectivity index is 2.62. The predicted octanol–water partition coefficient (Wildman–Crippen LogP) is 3.27. The van der Waals surface area contributed by atoms with E-state index in [2.05, 4.69) is 5.32 Å². The molecule has 1 aromatic rings. The van der Waals surface area contributed by atoms with Crippen LogP contribution in [0.25, 0.3) is 0 Å². The molecule has 1 aromatic carbocycles. The van der Waals surface area contributed by atoms with Gasteiger partial charge in [-0.15, -0.1) is 0 Å². The molecule has 0 heterocycles. The molecule has 0 spiro atoms. The molecule has 0 saturated carbocycles. The summed E-state index contributed by atoms with van der Waals surface area (Å²) in [6, 6.07) is 5.46. The molecule has 0 aromatic heterocycles. The van der Waals surface area contributed by atoms with Crippen LogP contribution in [0, 0.1) is 0 Å². The monoisotopic (exact) mass is 274 g/mol. The number of benzene rings is 1. The summed E-state index contributed by atoms with van der Waals surface area (Å²) >= 11 is 11.9. The number of nitrogens with zero attached hydrogens (tertiary/aromatic N) is 1. The summed E-state index contributed by atoms with van der Waals surface area (Å²) < 4.78 is 0. The molecule has 94 valence electrons. The third kappa shape index (κ3) is 3.79. The van der Waals surface area contributed by atoms with Gasteiger partial charge in [0, 0.05) is 13.1 Å². The second-order valence-corrected chi connectivity index (χ2v) is 4.84. The van der Waals surface area contributed by atoms with Crippen molar-refractivity contribution in [2.24, 2.45) is 0 Å². The number of anilines is 1. The Morgan fingerprint density at radius 1 is 1.41 bits per heavy atom. The molecule has 0 saturated heterocycles. The van der Waals surface area contributed by atoms with Gasteiger partial charge in [-0.05, 0) is 26.0 Å². The molecule has 17 heavy (non-hydrogen) atoms. The van der Waals surface area contributed by atoms with Crippen LogP contribution in [0.2, 0.25) is 10.0 Å². The Kier molecular flexibility index (Phi) is 5.09. The van der Waals surface area contributed by atoms with Crippen LogP contribution in [0.4, 0.5) is 5.69 Å². The van der Waals surface area contributed by atoms with E-state index < -0.39 is 0 Å². The van der Waals surface area contributed by atoms with E-state index in [4.69, 9.17) is 23.2 Å². The molecule has 5 heteroatoms. The van der Waals surface area contributed by atoms with Gasteiger partial charge in [0.2, 0.25) is 5.91 Å². The molecule has 0 unspecified atom stereocenters. The molecule has 1 rings (SSSR count). The maximum absolute atomic E-state index is 11.7. The molecule has 0 bridgehead atoms. The summed E-state index contributed by atoms with van der Waals surface area (Å²) in [6.45, 7) is 4.13. The first kappa shape index (κ1) is 14.1. The lowest BCUT2D eigenvalue weighted by Gasteiger charge is -2.22. The lowest BCUT2D eigenvalue weighted by Crippen LogP contribution is -2.37. The minimum absolute atomic E-state index is 0.0102. The number of hydrogen-bond donors (Lipinski definition) is 1. The number of carbonyl (C=O) groups is 1. The Labute approximate surface area is 112 Å². The Bertz CT molecular complexity index is 407.